The molecule has 0 aromatic rings. The molecule has 0 aromatic heterocycles. The summed E-state index contributed by atoms with van der Waals surface area (Å²) in [6.07, 6.45) is 0.957. The van der Waals surface area contributed by atoms with Crippen molar-refractivity contribution in [2.75, 3.05) is 6.61 Å². The van der Waals surface area contributed by atoms with Crippen molar-refractivity contribution < 1.29 is 9.90 Å². The van der Waals surface area contributed by atoms with Gasteiger partial charge in [0, 0.05) is 12.3 Å². The lowest BCUT2D eigenvalue weighted by molar-refractivity contribution is -0.122. The van der Waals surface area contributed by atoms with Crippen molar-refractivity contribution in [3.63, 3.8) is 0 Å². The zero-order valence-electron chi connectivity index (χ0n) is 6.02. The van der Waals surface area contributed by atoms with Crippen LogP contribution in [0.5, 0.6) is 0 Å². The van der Waals surface area contributed by atoms with Gasteiger partial charge >= 0.3 is 0 Å². The second-order valence-electron chi connectivity index (χ2n) is 2.43. The van der Waals surface area contributed by atoms with E-state index in [1.807, 2.05) is 13.8 Å². The Hall–Kier alpha value is -0.370. The Kier molecular flexibility index (Phi) is 4.32. The molecule has 0 amide bonds. The van der Waals surface area contributed by atoms with E-state index in [1.165, 1.54) is 0 Å². The average molecular weight is 129 g/mol. The summed E-state index contributed by atoms with van der Waals surface area (Å²) in [5.74, 6) is 0.294. The molecule has 53 valence electrons. The summed E-state index contributed by atoms with van der Waals surface area (Å²) >= 11 is 0. The molecule has 2 heteroatoms. The van der Waals surface area contributed by atoms with Crippen molar-refractivity contribution in [3.05, 3.63) is 0 Å². The van der Waals surface area contributed by atoms with E-state index in [9.17, 15) is 9.90 Å². The smallest absolute Gasteiger partial charge is 0.135 e. The summed E-state index contributed by atoms with van der Waals surface area (Å²) in [5.41, 5.74) is 0. The lowest BCUT2D eigenvalue weighted by Crippen LogP contribution is -2.06. The summed E-state index contributed by atoms with van der Waals surface area (Å²) < 4.78 is 0. The highest BCUT2D eigenvalue weighted by Crippen LogP contribution is 2.00. The van der Waals surface area contributed by atoms with E-state index in [1.54, 1.807) is 0 Å². The molecule has 0 unspecified atom stereocenters. The first-order valence-electron chi connectivity index (χ1n) is 3.29. The molecule has 0 bridgehead atoms. The number of rotatable bonds is 4. The number of Topliss-reactive ketones (excluding diaryl/α,β-unsaturated/α-hetero) is 1. The number of carbonyl (C=O) groups excluding carboxylic acids is 1. The third-order valence-corrected chi connectivity index (χ3v) is 1.21. The maximum atomic E-state index is 10.8. The minimum atomic E-state index is -0.127. The molecular formula is C7H13O2. The van der Waals surface area contributed by atoms with E-state index >= 15 is 0 Å². The van der Waals surface area contributed by atoms with Crippen LogP contribution in [-0.2, 0) is 9.90 Å². The minimum Gasteiger partial charge on any atom is -0.299 e. The number of hydrogen-bond acceptors (Lipinski definition) is 1. The minimum absolute atomic E-state index is 0.0940. The highest BCUT2D eigenvalue weighted by Gasteiger charge is 2.04. The zero-order chi connectivity index (χ0) is 7.28. The summed E-state index contributed by atoms with van der Waals surface area (Å²) in [4.78, 5) is 10.8. The average Bonchev–Trinajstić information content (AvgIpc) is 1.82. The highest BCUT2D eigenvalue weighted by atomic mass is 16.3. The number of ketones is 1. The Morgan fingerprint density at radius 3 is 2.33 bits per heavy atom. The number of hydrogen-bond donors (Lipinski definition) is 0. The van der Waals surface area contributed by atoms with E-state index in [4.69, 9.17) is 0 Å². The van der Waals surface area contributed by atoms with Crippen LogP contribution in [0.15, 0.2) is 0 Å². The van der Waals surface area contributed by atoms with Crippen LogP contribution >= 0.6 is 0 Å². The quantitative estimate of drug-likeness (QED) is 0.565. The highest BCUT2D eigenvalue weighted by molar-refractivity contribution is 5.80. The Bertz CT molecular complexity index is 86.9. The third kappa shape index (κ3) is 4.15. The van der Waals surface area contributed by atoms with Crippen LogP contribution in [0.3, 0.4) is 0 Å². The maximum absolute atomic E-state index is 10.8. The van der Waals surface area contributed by atoms with E-state index in [2.05, 4.69) is 0 Å². The van der Waals surface area contributed by atoms with Gasteiger partial charge in [0.15, 0.2) is 0 Å². The van der Waals surface area contributed by atoms with Crippen molar-refractivity contribution in [1.82, 2.24) is 0 Å². The van der Waals surface area contributed by atoms with Crippen LogP contribution in [0.2, 0.25) is 0 Å². The predicted octanol–water partition coefficient (Wildman–Crippen LogP) is 1.42. The Morgan fingerprint density at radius 2 is 2.00 bits per heavy atom. The van der Waals surface area contributed by atoms with Crippen LogP contribution in [0.1, 0.15) is 26.7 Å². The fourth-order valence-electron chi connectivity index (χ4n) is 0.535. The van der Waals surface area contributed by atoms with Gasteiger partial charge in [-0.2, -0.15) is 0 Å². The van der Waals surface area contributed by atoms with E-state index in [-0.39, 0.29) is 18.3 Å². The van der Waals surface area contributed by atoms with Gasteiger partial charge in [-0.3, -0.25) is 4.79 Å². The summed E-state index contributed by atoms with van der Waals surface area (Å²) in [6.45, 7) is 3.58. The van der Waals surface area contributed by atoms with E-state index in [0.29, 0.717) is 12.8 Å². The topological polar surface area (TPSA) is 37.0 Å². The molecular weight excluding hydrogens is 116 g/mol. The lowest BCUT2D eigenvalue weighted by Gasteiger charge is -1.99. The molecule has 9 heavy (non-hydrogen) atoms. The van der Waals surface area contributed by atoms with Crippen molar-refractivity contribution in [1.29, 1.82) is 0 Å². The standard InChI is InChI=1S/C7H13O2/c1-6(2)7(9)4-3-5-8/h6H,3-5H2,1-2H3. The first kappa shape index (κ1) is 8.63. The van der Waals surface area contributed by atoms with Gasteiger partial charge in [0.05, 0.1) is 6.61 Å². The first-order valence-corrected chi connectivity index (χ1v) is 3.29. The molecule has 0 heterocycles. The predicted molar refractivity (Wildman–Crippen MR) is 34.6 cm³/mol. The molecule has 2 nitrogen and oxygen atoms in total. The van der Waals surface area contributed by atoms with Gasteiger partial charge in [-0.15, -0.1) is 0 Å². The third-order valence-electron chi connectivity index (χ3n) is 1.21. The molecule has 1 radical (unpaired) electrons. The van der Waals surface area contributed by atoms with Crippen LogP contribution in [0, 0.1) is 5.92 Å². The Morgan fingerprint density at radius 1 is 1.44 bits per heavy atom. The van der Waals surface area contributed by atoms with Gasteiger partial charge in [-0.1, -0.05) is 13.8 Å². The van der Waals surface area contributed by atoms with Crippen molar-refractivity contribution in [2.24, 2.45) is 5.92 Å². The molecule has 0 aliphatic heterocycles. The van der Waals surface area contributed by atoms with Crippen molar-refractivity contribution in [3.8, 4) is 0 Å². The van der Waals surface area contributed by atoms with Gasteiger partial charge in [0.2, 0.25) is 0 Å². The summed E-state index contributed by atoms with van der Waals surface area (Å²) in [7, 11) is 0. The molecule has 0 N–H and O–H groups in total. The van der Waals surface area contributed by atoms with E-state index < -0.39 is 0 Å². The van der Waals surface area contributed by atoms with Crippen molar-refractivity contribution >= 4 is 5.78 Å². The van der Waals surface area contributed by atoms with Crippen LogP contribution in [-0.4, -0.2) is 12.4 Å². The van der Waals surface area contributed by atoms with Gasteiger partial charge in [-0.05, 0) is 6.42 Å². The van der Waals surface area contributed by atoms with Crippen molar-refractivity contribution in [2.45, 2.75) is 26.7 Å². The SMILES string of the molecule is CC(C)C(=O)CCC[O]. The van der Waals surface area contributed by atoms with Gasteiger partial charge < -0.3 is 0 Å². The van der Waals surface area contributed by atoms with Gasteiger partial charge in [-0.25, -0.2) is 5.11 Å². The molecule has 0 saturated carbocycles. The Balaban J connectivity index is 3.28. The molecule has 0 saturated heterocycles. The molecule has 0 aliphatic rings. The van der Waals surface area contributed by atoms with Crippen LogP contribution < -0.4 is 0 Å². The first-order chi connectivity index (χ1) is 4.18. The largest absolute Gasteiger partial charge is 0.299 e. The zero-order valence-corrected chi connectivity index (χ0v) is 6.02. The van der Waals surface area contributed by atoms with Crippen LogP contribution in [0.4, 0.5) is 0 Å². The van der Waals surface area contributed by atoms with Crippen LogP contribution in [0.25, 0.3) is 0 Å². The molecule has 0 fully saturated rings. The normalized spacial score (nSPS) is 10.2. The second kappa shape index (κ2) is 4.50. The second-order valence-corrected chi connectivity index (χ2v) is 2.43. The molecule has 0 spiro atoms. The molecule has 0 atom stereocenters. The fourth-order valence-corrected chi connectivity index (χ4v) is 0.535. The Labute approximate surface area is 55.9 Å². The fraction of sp³-hybridized carbons (Fsp3) is 0.857. The molecule has 0 aromatic carbocycles. The molecule has 0 aliphatic carbocycles. The summed E-state index contributed by atoms with van der Waals surface area (Å²) in [5, 5.41) is 9.90. The lowest BCUT2D eigenvalue weighted by atomic mass is 10.1. The summed E-state index contributed by atoms with van der Waals surface area (Å²) in [6, 6.07) is 0. The molecule has 0 rings (SSSR count). The van der Waals surface area contributed by atoms with E-state index in [0.717, 1.165) is 0 Å². The van der Waals surface area contributed by atoms with Gasteiger partial charge in [0.1, 0.15) is 5.78 Å². The maximum Gasteiger partial charge on any atom is 0.135 e. The monoisotopic (exact) mass is 129 g/mol. The van der Waals surface area contributed by atoms with Gasteiger partial charge in [0.25, 0.3) is 0 Å². The number of carbonyl (C=O) groups is 1.